The van der Waals surface area contributed by atoms with E-state index in [4.69, 9.17) is 10.5 Å². The summed E-state index contributed by atoms with van der Waals surface area (Å²) in [6.45, 7) is 9.43. The highest BCUT2D eigenvalue weighted by molar-refractivity contribution is 5.68. The molecule has 1 fully saturated rings. The fraction of sp³-hybridized carbons (Fsp3) is 0.571. The van der Waals surface area contributed by atoms with Crippen LogP contribution in [0.15, 0.2) is 30.7 Å². The first kappa shape index (κ1) is 22.2. The second-order valence-electron chi connectivity index (χ2n) is 8.99. The van der Waals surface area contributed by atoms with E-state index in [1.54, 1.807) is 17.2 Å². The Kier molecular flexibility index (Phi) is 6.42. The zero-order chi connectivity index (χ0) is 21.9. The van der Waals surface area contributed by atoms with Gasteiger partial charge in [-0.1, -0.05) is 6.07 Å². The van der Waals surface area contributed by atoms with Gasteiger partial charge in [-0.05, 0) is 52.2 Å². The van der Waals surface area contributed by atoms with Crippen LogP contribution < -0.4 is 11.1 Å². The van der Waals surface area contributed by atoms with E-state index in [9.17, 15) is 9.18 Å². The molecule has 1 aliphatic heterocycles. The number of halogens is 1. The molecular weight excluding hydrogens is 387 g/mol. The van der Waals surface area contributed by atoms with Gasteiger partial charge in [0, 0.05) is 37.4 Å². The van der Waals surface area contributed by atoms with Crippen LogP contribution in [0.25, 0.3) is 5.82 Å². The zero-order valence-electron chi connectivity index (χ0n) is 18.1. The Labute approximate surface area is 176 Å². The minimum Gasteiger partial charge on any atom is -0.444 e. The summed E-state index contributed by atoms with van der Waals surface area (Å²) in [5.74, 6) is 0.154. The molecule has 1 atom stereocenters. The third-order valence-electron chi connectivity index (χ3n) is 5.23. The van der Waals surface area contributed by atoms with Gasteiger partial charge in [-0.25, -0.2) is 18.9 Å². The van der Waals surface area contributed by atoms with E-state index in [2.05, 4.69) is 15.4 Å². The van der Waals surface area contributed by atoms with Crippen molar-refractivity contribution in [2.45, 2.75) is 57.7 Å². The average Bonchev–Trinajstić information content (AvgIpc) is 3.12. The molecule has 2 aromatic heterocycles. The largest absolute Gasteiger partial charge is 0.444 e. The topological polar surface area (TPSA) is 98.3 Å². The van der Waals surface area contributed by atoms with Crippen LogP contribution in [0.5, 0.6) is 0 Å². The predicted octanol–water partition coefficient (Wildman–Crippen LogP) is 2.79. The van der Waals surface area contributed by atoms with Gasteiger partial charge in [0.25, 0.3) is 0 Å². The molecule has 0 saturated carbocycles. The molecule has 1 aliphatic rings. The number of rotatable bonds is 5. The second-order valence-corrected chi connectivity index (χ2v) is 8.99. The molecule has 0 spiro atoms. The molecule has 3 heterocycles. The molecule has 2 aromatic rings. The fourth-order valence-corrected chi connectivity index (χ4v) is 3.33. The maximum atomic E-state index is 13.1. The van der Waals surface area contributed by atoms with E-state index in [0.29, 0.717) is 38.3 Å². The van der Waals surface area contributed by atoms with Crippen LogP contribution in [0.4, 0.5) is 9.18 Å². The first-order valence-corrected chi connectivity index (χ1v) is 10.2. The zero-order valence-corrected chi connectivity index (χ0v) is 18.1. The number of nitrogens with two attached hydrogens (primary N) is 1. The Morgan fingerprint density at radius 1 is 1.33 bits per heavy atom. The molecule has 30 heavy (non-hydrogen) atoms. The minimum absolute atomic E-state index is 0.0465. The third kappa shape index (κ3) is 5.76. The molecule has 164 valence electrons. The summed E-state index contributed by atoms with van der Waals surface area (Å²) >= 11 is 0. The van der Waals surface area contributed by atoms with Crippen LogP contribution in [0.3, 0.4) is 0 Å². The normalized spacial score (nSPS) is 17.6. The lowest BCUT2D eigenvalue weighted by Gasteiger charge is -2.40. The van der Waals surface area contributed by atoms with Crippen LogP contribution in [0.2, 0.25) is 0 Å². The molecule has 0 aromatic carbocycles. The van der Waals surface area contributed by atoms with Crippen LogP contribution in [-0.4, -0.2) is 56.5 Å². The van der Waals surface area contributed by atoms with E-state index in [1.165, 1.54) is 10.9 Å². The standard InChI is InChI=1S/C21H31FN6O2/c1-15(16-5-6-18(24-11-16)28-13-17(22)12-26-28)25-14-21(23)7-9-27(10-8-21)19(29)30-20(2,3)4/h5-6,11-13,15,25H,7-10,14,23H2,1-4H3/t15-/m0/s1. The Bertz CT molecular complexity index is 853. The summed E-state index contributed by atoms with van der Waals surface area (Å²) in [7, 11) is 0. The lowest BCUT2D eigenvalue weighted by atomic mass is 9.88. The molecule has 8 nitrogen and oxygen atoms in total. The first-order chi connectivity index (χ1) is 14.0. The van der Waals surface area contributed by atoms with E-state index in [-0.39, 0.29) is 17.7 Å². The van der Waals surface area contributed by atoms with Gasteiger partial charge in [-0.2, -0.15) is 5.10 Å². The third-order valence-corrected chi connectivity index (χ3v) is 5.23. The van der Waals surface area contributed by atoms with Gasteiger partial charge in [0.15, 0.2) is 11.6 Å². The summed E-state index contributed by atoms with van der Waals surface area (Å²) in [6, 6.07) is 3.79. The summed E-state index contributed by atoms with van der Waals surface area (Å²) in [5, 5.41) is 7.39. The Balaban J connectivity index is 1.50. The van der Waals surface area contributed by atoms with Crippen molar-refractivity contribution in [3.8, 4) is 5.82 Å². The van der Waals surface area contributed by atoms with Gasteiger partial charge >= 0.3 is 6.09 Å². The number of hydrogen-bond acceptors (Lipinski definition) is 6. The summed E-state index contributed by atoms with van der Waals surface area (Å²) in [6.07, 6.45) is 5.30. The number of aromatic nitrogens is 3. The van der Waals surface area contributed by atoms with Gasteiger partial charge < -0.3 is 20.7 Å². The molecule has 0 radical (unpaired) electrons. The van der Waals surface area contributed by atoms with Crippen molar-refractivity contribution in [1.82, 2.24) is 25.0 Å². The van der Waals surface area contributed by atoms with Crippen LogP contribution >= 0.6 is 0 Å². The van der Waals surface area contributed by atoms with E-state index < -0.39 is 11.4 Å². The van der Waals surface area contributed by atoms with Gasteiger partial charge in [-0.15, -0.1) is 0 Å². The Morgan fingerprint density at radius 3 is 2.57 bits per heavy atom. The number of carbonyl (C=O) groups excluding carboxylic acids is 1. The van der Waals surface area contributed by atoms with Crippen LogP contribution in [0.1, 0.15) is 52.1 Å². The second kappa shape index (κ2) is 8.69. The summed E-state index contributed by atoms with van der Waals surface area (Å²) < 4.78 is 19.9. The molecule has 1 amide bonds. The van der Waals surface area contributed by atoms with Gasteiger partial charge in [0.1, 0.15) is 5.60 Å². The number of nitrogens with zero attached hydrogens (tertiary/aromatic N) is 4. The highest BCUT2D eigenvalue weighted by Gasteiger charge is 2.34. The number of hydrogen-bond donors (Lipinski definition) is 2. The van der Waals surface area contributed by atoms with Crippen molar-refractivity contribution in [3.63, 3.8) is 0 Å². The SMILES string of the molecule is C[C@H](NCC1(N)CCN(C(=O)OC(C)(C)C)CC1)c1ccc(-n2cc(F)cn2)nc1. The van der Waals surface area contributed by atoms with Gasteiger partial charge in [0.05, 0.1) is 12.4 Å². The number of likely N-dealkylation sites (tertiary alicyclic amines) is 1. The van der Waals surface area contributed by atoms with Crippen LogP contribution in [-0.2, 0) is 4.74 Å². The number of nitrogens with one attached hydrogen (secondary N) is 1. The van der Waals surface area contributed by atoms with Crippen molar-refractivity contribution >= 4 is 6.09 Å². The molecule has 0 aliphatic carbocycles. The molecule has 3 N–H and O–H groups in total. The van der Waals surface area contributed by atoms with Crippen molar-refractivity contribution in [3.05, 3.63) is 42.1 Å². The van der Waals surface area contributed by atoms with Crippen molar-refractivity contribution < 1.29 is 13.9 Å². The smallest absolute Gasteiger partial charge is 0.410 e. The van der Waals surface area contributed by atoms with Crippen LogP contribution in [0, 0.1) is 5.82 Å². The molecular formula is C21H31FN6O2. The molecule has 0 bridgehead atoms. The first-order valence-electron chi connectivity index (χ1n) is 10.2. The number of piperidine rings is 1. The Hall–Kier alpha value is -2.52. The average molecular weight is 419 g/mol. The van der Waals surface area contributed by atoms with Gasteiger partial charge in [-0.3, -0.25) is 0 Å². The fourth-order valence-electron chi connectivity index (χ4n) is 3.33. The van der Waals surface area contributed by atoms with E-state index in [1.807, 2.05) is 33.8 Å². The maximum absolute atomic E-state index is 13.1. The number of pyridine rings is 1. The maximum Gasteiger partial charge on any atom is 0.410 e. The molecule has 1 saturated heterocycles. The number of ether oxygens (including phenoxy) is 1. The summed E-state index contributed by atoms with van der Waals surface area (Å²) in [5.41, 5.74) is 6.69. The lowest BCUT2D eigenvalue weighted by Crippen LogP contribution is -2.57. The van der Waals surface area contributed by atoms with Crippen molar-refractivity contribution in [2.24, 2.45) is 5.73 Å². The monoisotopic (exact) mass is 418 g/mol. The van der Waals surface area contributed by atoms with Crippen molar-refractivity contribution in [1.29, 1.82) is 0 Å². The molecule has 0 unspecified atom stereocenters. The lowest BCUT2D eigenvalue weighted by molar-refractivity contribution is 0.0167. The highest BCUT2D eigenvalue weighted by atomic mass is 19.1. The molecule has 9 heteroatoms. The molecule has 3 rings (SSSR count). The number of carbonyl (C=O) groups is 1. The summed E-state index contributed by atoms with van der Waals surface area (Å²) in [4.78, 5) is 18.3. The Morgan fingerprint density at radius 2 is 2.03 bits per heavy atom. The van der Waals surface area contributed by atoms with Gasteiger partial charge in [0.2, 0.25) is 0 Å². The van der Waals surface area contributed by atoms with Crippen molar-refractivity contribution in [2.75, 3.05) is 19.6 Å². The van der Waals surface area contributed by atoms with E-state index in [0.717, 1.165) is 11.8 Å². The highest BCUT2D eigenvalue weighted by Crippen LogP contribution is 2.22. The predicted molar refractivity (Wildman–Crippen MR) is 112 cm³/mol. The quantitative estimate of drug-likeness (QED) is 0.775. The van der Waals surface area contributed by atoms with E-state index >= 15 is 0 Å². The number of amides is 1. The minimum atomic E-state index is -0.500.